The van der Waals surface area contributed by atoms with Crippen LogP contribution >= 0.6 is 0 Å². The molecule has 1 aliphatic rings. The fraction of sp³-hybridized carbons (Fsp3) is 0.400. The zero-order chi connectivity index (χ0) is 21.6. The average molecular weight is 425 g/mol. The third kappa shape index (κ3) is 4.87. The van der Waals surface area contributed by atoms with E-state index in [1.807, 2.05) is 41.0 Å². The highest BCUT2D eigenvalue weighted by Crippen LogP contribution is 2.33. The molecule has 0 radical (unpaired) electrons. The number of methoxy groups -OCH3 is 1. The van der Waals surface area contributed by atoms with Gasteiger partial charge in [0, 0.05) is 25.9 Å². The summed E-state index contributed by atoms with van der Waals surface area (Å²) in [5.41, 5.74) is 2.33. The van der Waals surface area contributed by atoms with Crippen LogP contribution in [0.2, 0.25) is 0 Å². The number of hydrogen-bond donors (Lipinski definition) is 0. The van der Waals surface area contributed by atoms with Crippen molar-refractivity contribution in [2.45, 2.75) is 51.1 Å². The Kier molecular flexibility index (Phi) is 7.12. The molecular weight excluding hydrogens is 395 g/mol. The standard InChI is InChI=1S/C25H29FN2O3/c1-3-7-23-27-13-14-28(23)21-11-10-18(16-20(21)26)17-31-25-22(29-2)12-15-30-24(25)19-8-5-4-6-9-19/h4-6,8-11,13-14,16,22,24-25H,3,7,12,15,17H2,1-2H3. The summed E-state index contributed by atoms with van der Waals surface area (Å²) in [7, 11) is 1.70. The molecule has 6 heteroatoms. The van der Waals surface area contributed by atoms with E-state index in [4.69, 9.17) is 14.2 Å². The third-order valence-electron chi connectivity index (χ3n) is 5.70. The van der Waals surface area contributed by atoms with Crippen LogP contribution < -0.4 is 0 Å². The Morgan fingerprint density at radius 1 is 1.19 bits per heavy atom. The van der Waals surface area contributed by atoms with Gasteiger partial charge >= 0.3 is 0 Å². The summed E-state index contributed by atoms with van der Waals surface area (Å²) in [4.78, 5) is 4.34. The zero-order valence-corrected chi connectivity index (χ0v) is 18.0. The highest BCUT2D eigenvalue weighted by atomic mass is 19.1. The van der Waals surface area contributed by atoms with Gasteiger partial charge in [-0.25, -0.2) is 9.37 Å². The van der Waals surface area contributed by atoms with Gasteiger partial charge in [0.05, 0.1) is 25.0 Å². The van der Waals surface area contributed by atoms with Crippen LogP contribution in [-0.4, -0.2) is 35.5 Å². The second-order valence-corrected chi connectivity index (χ2v) is 7.79. The second-order valence-electron chi connectivity index (χ2n) is 7.79. The molecule has 1 aliphatic heterocycles. The molecule has 1 aromatic heterocycles. The smallest absolute Gasteiger partial charge is 0.147 e. The molecule has 1 saturated heterocycles. The first-order chi connectivity index (χ1) is 15.2. The van der Waals surface area contributed by atoms with Crippen molar-refractivity contribution in [3.63, 3.8) is 0 Å². The Morgan fingerprint density at radius 3 is 2.77 bits per heavy atom. The van der Waals surface area contributed by atoms with Crippen molar-refractivity contribution < 1.29 is 18.6 Å². The molecule has 31 heavy (non-hydrogen) atoms. The number of halogens is 1. The fourth-order valence-corrected chi connectivity index (χ4v) is 4.13. The maximum absolute atomic E-state index is 14.9. The van der Waals surface area contributed by atoms with E-state index in [-0.39, 0.29) is 30.7 Å². The summed E-state index contributed by atoms with van der Waals surface area (Å²) < 4.78 is 34.7. The van der Waals surface area contributed by atoms with E-state index >= 15 is 0 Å². The van der Waals surface area contributed by atoms with Gasteiger partial charge in [-0.05, 0) is 36.1 Å². The number of nitrogens with zero attached hydrogens (tertiary/aromatic N) is 2. The average Bonchev–Trinajstić information content (AvgIpc) is 3.26. The number of hydrogen-bond acceptors (Lipinski definition) is 4. The van der Waals surface area contributed by atoms with E-state index in [0.29, 0.717) is 12.3 Å². The predicted octanol–water partition coefficient (Wildman–Crippen LogP) is 5.03. The van der Waals surface area contributed by atoms with Crippen molar-refractivity contribution in [1.82, 2.24) is 9.55 Å². The van der Waals surface area contributed by atoms with Crippen LogP contribution in [0.25, 0.3) is 5.69 Å². The molecule has 3 unspecified atom stereocenters. The van der Waals surface area contributed by atoms with E-state index in [1.165, 1.54) is 6.07 Å². The number of benzene rings is 2. The molecule has 0 aliphatic carbocycles. The number of aryl methyl sites for hydroxylation is 1. The van der Waals surface area contributed by atoms with Gasteiger partial charge in [-0.15, -0.1) is 0 Å². The molecule has 5 nitrogen and oxygen atoms in total. The van der Waals surface area contributed by atoms with Crippen LogP contribution in [0.1, 0.15) is 42.8 Å². The maximum Gasteiger partial charge on any atom is 0.147 e. The number of rotatable bonds is 8. The zero-order valence-electron chi connectivity index (χ0n) is 18.0. The van der Waals surface area contributed by atoms with Crippen LogP contribution in [0, 0.1) is 5.82 Å². The van der Waals surface area contributed by atoms with Crippen LogP contribution in [0.5, 0.6) is 0 Å². The molecule has 164 valence electrons. The summed E-state index contributed by atoms with van der Waals surface area (Å²) >= 11 is 0. The van der Waals surface area contributed by atoms with Gasteiger partial charge < -0.3 is 18.8 Å². The van der Waals surface area contributed by atoms with Crippen molar-refractivity contribution >= 4 is 0 Å². The lowest BCUT2D eigenvalue weighted by Crippen LogP contribution is -2.42. The molecule has 0 bridgehead atoms. The van der Waals surface area contributed by atoms with E-state index in [1.54, 1.807) is 25.6 Å². The Morgan fingerprint density at radius 2 is 2.03 bits per heavy atom. The molecule has 0 amide bonds. The van der Waals surface area contributed by atoms with Crippen LogP contribution in [0.15, 0.2) is 60.9 Å². The number of imidazole rings is 1. The first kappa shape index (κ1) is 21.7. The van der Waals surface area contributed by atoms with E-state index in [9.17, 15) is 4.39 Å². The fourth-order valence-electron chi connectivity index (χ4n) is 4.13. The lowest BCUT2D eigenvalue weighted by molar-refractivity contribution is -0.175. The van der Waals surface area contributed by atoms with Crippen molar-refractivity contribution in [1.29, 1.82) is 0 Å². The monoisotopic (exact) mass is 424 g/mol. The van der Waals surface area contributed by atoms with Crippen LogP contribution in [-0.2, 0) is 27.2 Å². The largest absolute Gasteiger partial charge is 0.379 e. The Hall–Kier alpha value is -2.54. The molecular formula is C25H29FN2O3. The molecule has 2 heterocycles. The summed E-state index contributed by atoms with van der Waals surface area (Å²) in [6, 6.07) is 15.2. The summed E-state index contributed by atoms with van der Waals surface area (Å²) in [6.07, 6.45) is 5.46. The molecule has 1 fully saturated rings. The highest BCUT2D eigenvalue weighted by molar-refractivity contribution is 5.37. The lowest BCUT2D eigenvalue weighted by Gasteiger charge is -2.37. The Labute approximate surface area is 182 Å². The first-order valence-corrected chi connectivity index (χ1v) is 10.8. The van der Waals surface area contributed by atoms with Gasteiger partial charge in [-0.3, -0.25) is 0 Å². The third-order valence-corrected chi connectivity index (χ3v) is 5.70. The van der Waals surface area contributed by atoms with E-state index in [2.05, 4.69) is 11.9 Å². The van der Waals surface area contributed by atoms with Gasteiger partial charge in [0.2, 0.25) is 0 Å². The SMILES string of the molecule is CCCc1nccn1-c1ccc(COC2C(OC)CCOC2c2ccccc2)cc1F. The van der Waals surface area contributed by atoms with E-state index in [0.717, 1.165) is 36.2 Å². The molecule has 2 aromatic carbocycles. The van der Waals surface area contributed by atoms with E-state index < -0.39 is 0 Å². The van der Waals surface area contributed by atoms with Crippen LogP contribution in [0.3, 0.4) is 0 Å². The quantitative estimate of drug-likeness (QED) is 0.509. The number of ether oxygens (including phenoxy) is 3. The van der Waals surface area contributed by atoms with Gasteiger partial charge in [0.15, 0.2) is 0 Å². The lowest BCUT2D eigenvalue weighted by atomic mass is 9.96. The molecule has 0 N–H and O–H groups in total. The molecule has 3 atom stereocenters. The minimum Gasteiger partial charge on any atom is -0.379 e. The predicted molar refractivity (Wildman–Crippen MR) is 117 cm³/mol. The minimum atomic E-state index is -0.292. The molecule has 4 rings (SSSR count). The highest BCUT2D eigenvalue weighted by Gasteiger charge is 2.36. The van der Waals surface area contributed by atoms with Gasteiger partial charge in [0.1, 0.15) is 23.8 Å². The summed E-state index contributed by atoms with van der Waals surface area (Å²) in [5, 5.41) is 0. The van der Waals surface area contributed by atoms with Gasteiger partial charge in [-0.2, -0.15) is 0 Å². The van der Waals surface area contributed by atoms with Crippen LogP contribution in [0.4, 0.5) is 4.39 Å². The van der Waals surface area contributed by atoms with Gasteiger partial charge in [0.25, 0.3) is 0 Å². The molecule has 0 spiro atoms. The second kappa shape index (κ2) is 10.2. The Balaban J connectivity index is 1.50. The Bertz CT molecular complexity index is 976. The van der Waals surface area contributed by atoms with Gasteiger partial charge in [-0.1, -0.05) is 43.3 Å². The molecule has 3 aromatic rings. The van der Waals surface area contributed by atoms with Crippen molar-refractivity contribution in [2.75, 3.05) is 13.7 Å². The topological polar surface area (TPSA) is 45.5 Å². The normalized spacial score (nSPS) is 21.3. The molecule has 0 saturated carbocycles. The number of aromatic nitrogens is 2. The maximum atomic E-state index is 14.9. The summed E-state index contributed by atoms with van der Waals surface area (Å²) in [6.45, 7) is 2.98. The first-order valence-electron chi connectivity index (χ1n) is 10.8. The summed E-state index contributed by atoms with van der Waals surface area (Å²) in [5.74, 6) is 0.567. The van der Waals surface area contributed by atoms with Crippen molar-refractivity contribution in [2.24, 2.45) is 0 Å². The van der Waals surface area contributed by atoms with Crippen molar-refractivity contribution in [3.05, 3.63) is 83.7 Å². The van der Waals surface area contributed by atoms with Crippen molar-refractivity contribution in [3.8, 4) is 5.69 Å². The minimum absolute atomic E-state index is 0.0781.